The minimum Gasteiger partial charge on any atom is -0.287 e. The molecule has 0 unspecified atom stereocenters. The Kier molecular flexibility index (Phi) is 4.09. The van der Waals surface area contributed by atoms with Crippen LogP contribution in [0.1, 0.15) is 25.5 Å². The van der Waals surface area contributed by atoms with Crippen LogP contribution in [0.2, 0.25) is 0 Å². The number of sulfonamides is 1. The maximum Gasteiger partial charge on any atom is 0.331 e. The van der Waals surface area contributed by atoms with E-state index in [1.54, 1.807) is 24.0 Å². The largest absolute Gasteiger partial charge is 0.331 e. The minimum absolute atomic E-state index is 0.00765. The van der Waals surface area contributed by atoms with Crippen molar-refractivity contribution >= 4 is 20.9 Å². The van der Waals surface area contributed by atoms with Crippen molar-refractivity contribution in [3.05, 3.63) is 57.0 Å². The topological polar surface area (TPSA) is 108 Å². The third-order valence-electron chi connectivity index (χ3n) is 5.09. The molecule has 0 aliphatic heterocycles. The highest BCUT2D eigenvalue weighted by Crippen LogP contribution is 2.36. The van der Waals surface area contributed by atoms with Crippen LogP contribution in [0.25, 0.3) is 10.9 Å². The molecule has 4 rings (SSSR count). The van der Waals surface area contributed by atoms with Crippen molar-refractivity contribution in [2.75, 3.05) is 0 Å². The van der Waals surface area contributed by atoms with E-state index in [-0.39, 0.29) is 16.8 Å². The third kappa shape index (κ3) is 3.18. The molecule has 3 aromatic rings. The molecule has 2 heterocycles. The molecule has 28 heavy (non-hydrogen) atoms. The summed E-state index contributed by atoms with van der Waals surface area (Å²) in [4.78, 5) is 25.3. The van der Waals surface area contributed by atoms with Gasteiger partial charge in [-0.1, -0.05) is 0 Å². The molecule has 1 N–H and O–H groups in total. The fourth-order valence-corrected chi connectivity index (χ4v) is 4.67. The first-order valence-electron chi connectivity index (χ1n) is 8.86. The van der Waals surface area contributed by atoms with Crippen molar-refractivity contribution in [2.24, 2.45) is 14.1 Å². The second kappa shape index (κ2) is 6.14. The van der Waals surface area contributed by atoms with E-state index in [4.69, 9.17) is 0 Å². The number of aromatic nitrogens is 4. The molecular formula is C18H21N5O4S. The maximum absolute atomic E-state index is 12.7. The first-order chi connectivity index (χ1) is 13.1. The fraction of sp³-hybridized carbons (Fsp3) is 0.389. The predicted octanol–water partition coefficient (Wildman–Crippen LogP) is 0.313. The molecule has 0 saturated heterocycles. The summed E-state index contributed by atoms with van der Waals surface area (Å²) < 4.78 is 32.0. The number of aryl methyl sites for hydroxylation is 1. The molecule has 1 aliphatic carbocycles. The summed E-state index contributed by atoms with van der Waals surface area (Å²) in [5.74, 6) is 0. The summed E-state index contributed by atoms with van der Waals surface area (Å²) in [6, 6.07) is 6.04. The number of hydrogen-bond donors (Lipinski definition) is 1. The molecule has 0 radical (unpaired) electrons. The van der Waals surface area contributed by atoms with Crippen LogP contribution in [0, 0.1) is 0 Å². The van der Waals surface area contributed by atoms with Crippen LogP contribution in [0.3, 0.4) is 0 Å². The summed E-state index contributed by atoms with van der Waals surface area (Å²) in [5.41, 5.74) is -0.412. The van der Waals surface area contributed by atoms with Gasteiger partial charge in [0.25, 0.3) is 5.56 Å². The molecule has 10 heteroatoms. The maximum atomic E-state index is 12.7. The van der Waals surface area contributed by atoms with E-state index in [0.29, 0.717) is 11.2 Å². The Morgan fingerprint density at radius 3 is 2.50 bits per heavy atom. The van der Waals surface area contributed by atoms with E-state index in [0.717, 1.165) is 17.4 Å². The smallest absolute Gasteiger partial charge is 0.287 e. The molecule has 1 aromatic carbocycles. The van der Waals surface area contributed by atoms with Crippen LogP contribution in [0.4, 0.5) is 0 Å². The molecule has 0 amide bonds. The third-order valence-corrected chi connectivity index (χ3v) is 6.73. The van der Waals surface area contributed by atoms with Crippen LogP contribution in [-0.4, -0.2) is 32.9 Å². The summed E-state index contributed by atoms with van der Waals surface area (Å²) >= 11 is 0. The van der Waals surface area contributed by atoms with Crippen LogP contribution in [0.15, 0.2) is 44.9 Å². The lowest BCUT2D eigenvalue weighted by atomic mass is 10.2. The van der Waals surface area contributed by atoms with Gasteiger partial charge in [0.2, 0.25) is 10.0 Å². The Morgan fingerprint density at radius 2 is 1.89 bits per heavy atom. The molecule has 1 saturated carbocycles. The molecule has 1 aliphatic rings. The minimum atomic E-state index is -3.76. The highest BCUT2D eigenvalue weighted by molar-refractivity contribution is 7.89. The van der Waals surface area contributed by atoms with Gasteiger partial charge in [-0.3, -0.25) is 18.6 Å². The Morgan fingerprint density at radius 1 is 1.18 bits per heavy atom. The molecule has 9 nitrogen and oxygen atoms in total. The zero-order chi connectivity index (χ0) is 20.3. The zero-order valence-electron chi connectivity index (χ0n) is 15.8. The monoisotopic (exact) mass is 403 g/mol. The molecule has 0 atom stereocenters. The summed E-state index contributed by atoms with van der Waals surface area (Å²) in [6.07, 6.45) is 3.33. The van der Waals surface area contributed by atoms with Gasteiger partial charge in [0.05, 0.1) is 28.0 Å². The van der Waals surface area contributed by atoms with Crippen molar-refractivity contribution in [1.82, 2.24) is 23.6 Å². The lowest BCUT2D eigenvalue weighted by Gasteiger charge is -2.14. The molecule has 0 bridgehead atoms. The summed E-state index contributed by atoms with van der Waals surface area (Å²) in [7, 11) is -0.604. The van der Waals surface area contributed by atoms with Crippen LogP contribution in [-0.2, 0) is 30.7 Å². The first kappa shape index (κ1) is 18.6. The van der Waals surface area contributed by atoms with Gasteiger partial charge in [0.15, 0.2) is 0 Å². The Hall–Kier alpha value is -2.72. The van der Waals surface area contributed by atoms with Gasteiger partial charge in [-0.25, -0.2) is 17.9 Å². The van der Waals surface area contributed by atoms with E-state index in [1.165, 1.54) is 29.8 Å². The average Bonchev–Trinajstić information content (AvgIpc) is 3.20. The summed E-state index contributed by atoms with van der Waals surface area (Å²) in [5, 5.41) is 4.44. The van der Waals surface area contributed by atoms with Gasteiger partial charge in [0.1, 0.15) is 0 Å². The predicted molar refractivity (Wildman–Crippen MR) is 104 cm³/mol. The number of hydrogen-bond acceptors (Lipinski definition) is 5. The van der Waals surface area contributed by atoms with E-state index in [2.05, 4.69) is 9.82 Å². The number of fused-ring (bicyclic) bond motifs is 1. The van der Waals surface area contributed by atoms with Crippen molar-refractivity contribution in [2.45, 2.75) is 36.7 Å². The average molecular weight is 403 g/mol. The van der Waals surface area contributed by atoms with Crippen LogP contribution < -0.4 is 16.0 Å². The molecule has 0 spiro atoms. The standard InChI is InChI=1S/C18H21N5O4S/c1-18(7-8-18)20-28(26,27)13-4-5-15-14(10-13)16(24)22(3)17(25)23(15)11-12-6-9-21(2)19-12/h4-6,9-10,20H,7-8,11H2,1-3H3. The number of nitrogens with one attached hydrogen (secondary N) is 1. The molecule has 1 fully saturated rings. The second-order valence-electron chi connectivity index (χ2n) is 7.56. The van der Waals surface area contributed by atoms with E-state index >= 15 is 0 Å². The van der Waals surface area contributed by atoms with E-state index in [1.807, 2.05) is 6.92 Å². The molecule has 148 valence electrons. The Labute approximate surface area is 161 Å². The second-order valence-corrected chi connectivity index (χ2v) is 9.24. The zero-order valence-corrected chi connectivity index (χ0v) is 16.7. The normalized spacial score (nSPS) is 15.8. The summed E-state index contributed by atoms with van der Waals surface area (Å²) in [6.45, 7) is 2.02. The fourth-order valence-electron chi connectivity index (χ4n) is 3.18. The lowest BCUT2D eigenvalue weighted by molar-refractivity contribution is 0.558. The van der Waals surface area contributed by atoms with E-state index < -0.39 is 26.8 Å². The van der Waals surface area contributed by atoms with Crippen molar-refractivity contribution in [3.63, 3.8) is 0 Å². The Balaban J connectivity index is 1.87. The number of nitrogens with zero attached hydrogens (tertiary/aromatic N) is 4. The van der Waals surface area contributed by atoms with E-state index in [9.17, 15) is 18.0 Å². The van der Waals surface area contributed by atoms with Crippen molar-refractivity contribution < 1.29 is 8.42 Å². The van der Waals surface area contributed by atoms with Gasteiger partial charge in [-0.15, -0.1) is 0 Å². The lowest BCUT2D eigenvalue weighted by Crippen LogP contribution is -2.39. The Bertz CT molecular complexity index is 1310. The first-order valence-corrected chi connectivity index (χ1v) is 10.3. The molecule has 2 aromatic heterocycles. The number of rotatable bonds is 5. The van der Waals surface area contributed by atoms with Gasteiger partial charge in [0, 0.05) is 25.8 Å². The van der Waals surface area contributed by atoms with Gasteiger partial charge in [-0.05, 0) is 44.0 Å². The quantitative estimate of drug-likeness (QED) is 0.660. The van der Waals surface area contributed by atoms with Crippen LogP contribution >= 0.6 is 0 Å². The van der Waals surface area contributed by atoms with Gasteiger partial charge >= 0.3 is 5.69 Å². The van der Waals surface area contributed by atoms with Gasteiger partial charge < -0.3 is 0 Å². The van der Waals surface area contributed by atoms with Crippen molar-refractivity contribution in [1.29, 1.82) is 0 Å². The highest BCUT2D eigenvalue weighted by Gasteiger charge is 2.41. The number of benzene rings is 1. The highest BCUT2D eigenvalue weighted by atomic mass is 32.2. The molecular weight excluding hydrogens is 382 g/mol. The van der Waals surface area contributed by atoms with Crippen molar-refractivity contribution in [3.8, 4) is 0 Å². The van der Waals surface area contributed by atoms with Gasteiger partial charge in [-0.2, -0.15) is 5.10 Å². The van der Waals surface area contributed by atoms with Crippen LogP contribution in [0.5, 0.6) is 0 Å². The SMILES string of the molecule is Cn1ccc(Cn2c(=O)n(C)c(=O)c3cc(S(=O)(=O)NC4(C)CC4)ccc32)n1.